The highest BCUT2D eigenvalue weighted by atomic mass is 16.4. The van der Waals surface area contributed by atoms with E-state index in [0.717, 1.165) is 30.6 Å². The van der Waals surface area contributed by atoms with Crippen LogP contribution in [0.5, 0.6) is 0 Å². The van der Waals surface area contributed by atoms with Gasteiger partial charge in [0.25, 0.3) is 0 Å². The lowest BCUT2D eigenvalue weighted by atomic mass is 10.1. The van der Waals surface area contributed by atoms with Gasteiger partial charge in [-0.1, -0.05) is 13.0 Å². The van der Waals surface area contributed by atoms with Crippen LogP contribution in [0.25, 0.3) is 6.08 Å². The highest BCUT2D eigenvalue weighted by Crippen LogP contribution is 2.20. The van der Waals surface area contributed by atoms with E-state index in [-0.39, 0.29) is 0 Å². The van der Waals surface area contributed by atoms with Crippen molar-refractivity contribution >= 4 is 17.7 Å². The maximum absolute atomic E-state index is 10.5. The minimum absolute atomic E-state index is 0.917. The van der Waals surface area contributed by atoms with Crippen LogP contribution in [0.4, 0.5) is 5.69 Å². The Morgan fingerprint density at radius 1 is 1.39 bits per heavy atom. The van der Waals surface area contributed by atoms with Crippen LogP contribution in [0, 0.1) is 6.92 Å². The molecule has 0 aromatic heterocycles. The summed E-state index contributed by atoms with van der Waals surface area (Å²) < 4.78 is 0. The molecule has 0 aliphatic rings. The van der Waals surface area contributed by atoms with E-state index in [2.05, 4.69) is 24.8 Å². The van der Waals surface area contributed by atoms with Crippen molar-refractivity contribution in [1.82, 2.24) is 0 Å². The van der Waals surface area contributed by atoms with Crippen molar-refractivity contribution in [2.24, 2.45) is 0 Å². The van der Waals surface area contributed by atoms with E-state index in [1.165, 1.54) is 11.8 Å². The third-order valence-corrected chi connectivity index (χ3v) is 2.90. The number of carboxylic acids is 1. The molecule has 98 valence electrons. The fraction of sp³-hybridized carbons (Fsp3) is 0.400. The van der Waals surface area contributed by atoms with E-state index in [4.69, 9.17) is 5.11 Å². The van der Waals surface area contributed by atoms with Crippen LogP contribution in [-0.4, -0.2) is 24.2 Å². The van der Waals surface area contributed by atoms with Crippen LogP contribution in [0.15, 0.2) is 24.3 Å². The Bertz CT molecular complexity index is 438. The number of benzene rings is 1. The topological polar surface area (TPSA) is 40.5 Å². The van der Waals surface area contributed by atoms with Crippen LogP contribution in [0.1, 0.15) is 31.4 Å². The van der Waals surface area contributed by atoms with Crippen molar-refractivity contribution in [1.29, 1.82) is 0 Å². The fourth-order valence-electron chi connectivity index (χ4n) is 1.94. The zero-order valence-electron chi connectivity index (χ0n) is 11.3. The van der Waals surface area contributed by atoms with Gasteiger partial charge in [0, 0.05) is 24.9 Å². The molecule has 0 unspecified atom stereocenters. The number of aryl methyl sites for hydroxylation is 1. The number of carboxylic acid groups (broad SMARTS) is 1. The molecular formula is C15H21NO2. The average Bonchev–Trinajstić information content (AvgIpc) is 2.34. The second kappa shape index (κ2) is 6.84. The third kappa shape index (κ3) is 3.91. The summed E-state index contributed by atoms with van der Waals surface area (Å²) >= 11 is 0. The first-order valence-electron chi connectivity index (χ1n) is 6.35. The standard InChI is InChI=1S/C15H21NO2/c1-4-10-16(5-2)14-8-6-13(12(3)11-14)7-9-15(17)18/h6-9,11H,4-5,10H2,1-3H3,(H,17,18). The molecule has 0 heterocycles. The SMILES string of the molecule is CCCN(CC)c1ccc(C=CC(=O)O)c(C)c1. The van der Waals surface area contributed by atoms with Crippen molar-refractivity contribution in [3.05, 3.63) is 35.4 Å². The smallest absolute Gasteiger partial charge is 0.328 e. The van der Waals surface area contributed by atoms with E-state index in [1.807, 2.05) is 19.1 Å². The van der Waals surface area contributed by atoms with Gasteiger partial charge in [-0.3, -0.25) is 0 Å². The van der Waals surface area contributed by atoms with Crippen molar-refractivity contribution in [2.45, 2.75) is 27.2 Å². The largest absolute Gasteiger partial charge is 0.478 e. The number of aliphatic carboxylic acids is 1. The zero-order chi connectivity index (χ0) is 13.5. The van der Waals surface area contributed by atoms with Gasteiger partial charge in [0.1, 0.15) is 0 Å². The molecule has 1 aromatic carbocycles. The van der Waals surface area contributed by atoms with Crippen LogP contribution >= 0.6 is 0 Å². The fourth-order valence-corrected chi connectivity index (χ4v) is 1.94. The minimum Gasteiger partial charge on any atom is -0.478 e. The van der Waals surface area contributed by atoms with E-state index in [1.54, 1.807) is 6.08 Å². The summed E-state index contributed by atoms with van der Waals surface area (Å²) in [5, 5.41) is 8.62. The maximum atomic E-state index is 10.5. The van der Waals surface area contributed by atoms with Gasteiger partial charge in [-0.05, 0) is 49.6 Å². The molecule has 0 saturated heterocycles. The summed E-state index contributed by atoms with van der Waals surface area (Å²) in [6, 6.07) is 6.14. The molecule has 1 aromatic rings. The van der Waals surface area contributed by atoms with Gasteiger partial charge in [0.15, 0.2) is 0 Å². The highest BCUT2D eigenvalue weighted by molar-refractivity contribution is 5.85. The summed E-state index contributed by atoms with van der Waals surface area (Å²) in [7, 11) is 0. The van der Waals surface area contributed by atoms with E-state index in [9.17, 15) is 4.79 Å². The first-order chi connectivity index (χ1) is 8.58. The molecular weight excluding hydrogens is 226 g/mol. The van der Waals surface area contributed by atoms with Gasteiger partial charge < -0.3 is 10.0 Å². The van der Waals surface area contributed by atoms with Gasteiger partial charge in [-0.15, -0.1) is 0 Å². The maximum Gasteiger partial charge on any atom is 0.328 e. The number of hydrogen-bond acceptors (Lipinski definition) is 2. The summed E-state index contributed by atoms with van der Waals surface area (Å²) in [6.07, 6.45) is 3.93. The number of hydrogen-bond donors (Lipinski definition) is 1. The lowest BCUT2D eigenvalue weighted by Gasteiger charge is -2.23. The highest BCUT2D eigenvalue weighted by Gasteiger charge is 2.04. The number of rotatable bonds is 6. The van der Waals surface area contributed by atoms with Crippen molar-refractivity contribution in [3.8, 4) is 0 Å². The monoisotopic (exact) mass is 247 g/mol. The molecule has 0 aliphatic heterocycles. The molecule has 0 saturated carbocycles. The molecule has 0 amide bonds. The number of carbonyl (C=O) groups is 1. The van der Waals surface area contributed by atoms with Crippen LogP contribution < -0.4 is 4.90 Å². The molecule has 0 fully saturated rings. The van der Waals surface area contributed by atoms with Crippen molar-refractivity contribution in [2.75, 3.05) is 18.0 Å². The molecule has 0 spiro atoms. The first-order valence-corrected chi connectivity index (χ1v) is 6.35. The Labute approximate surface area is 109 Å². The quantitative estimate of drug-likeness (QED) is 0.784. The van der Waals surface area contributed by atoms with Crippen LogP contribution in [0.2, 0.25) is 0 Å². The summed E-state index contributed by atoms with van der Waals surface area (Å²) in [5.74, 6) is -0.917. The summed E-state index contributed by atoms with van der Waals surface area (Å²) in [4.78, 5) is 12.8. The van der Waals surface area contributed by atoms with Crippen molar-refractivity contribution in [3.63, 3.8) is 0 Å². The molecule has 1 N–H and O–H groups in total. The molecule has 3 heteroatoms. The lowest BCUT2D eigenvalue weighted by Crippen LogP contribution is -2.23. The van der Waals surface area contributed by atoms with Gasteiger partial charge in [-0.2, -0.15) is 0 Å². The third-order valence-electron chi connectivity index (χ3n) is 2.90. The van der Waals surface area contributed by atoms with Gasteiger partial charge in [0.05, 0.1) is 0 Å². The predicted octanol–water partition coefficient (Wildman–Crippen LogP) is 3.33. The Morgan fingerprint density at radius 3 is 2.61 bits per heavy atom. The van der Waals surface area contributed by atoms with E-state index in [0.29, 0.717) is 0 Å². The van der Waals surface area contributed by atoms with Gasteiger partial charge >= 0.3 is 5.97 Å². The van der Waals surface area contributed by atoms with Crippen LogP contribution in [-0.2, 0) is 4.79 Å². The Kier molecular flexibility index (Phi) is 5.43. The molecule has 3 nitrogen and oxygen atoms in total. The Balaban J connectivity index is 2.94. The first kappa shape index (κ1) is 14.3. The molecule has 1 rings (SSSR count). The van der Waals surface area contributed by atoms with E-state index >= 15 is 0 Å². The molecule has 18 heavy (non-hydrogen) atoms. The summed E-state index contributed by atoms with van der Waals surface area (Å²) in [5.41, 5.74) is 3.25. The molecule has 0 aliphatic carbocycles. The van der Waals surface area contributed by atoms with Crippen LogP contribution in [0.3, 0.4) is 0 Å². The van der Waals surface area contributed by atoms with Gasteiger partial charge in [0.2, 0.25) is 0 Å². The number of anilines is 1. The zero-order valence-corrected chi connectivity index (χ0v) is 11.3. The molecule has 0 radical (unpaired) electrons. The average molecular weight is 247 g/mol. The predicted molar refractivity (Wildman–Crippen MR) is 76.0 cm³/mol. The normalized spacial score (nSPS) is 10.8. The Hall–Kier alpha value is -1.77. The number of nitrogens with zero attached hydrogens (tertiary/aromatic N) is 1. The van der Waals surface area contributed by atoms with Crippen molar-refractivity contribution < 1.29 is 9.90 Å². The Morgan fingerprint density at radius 2 is 2.11 bits per heavy atom. The minimum atomic E-state index is -0.917. The second-order valence-electron chi connectivity index (χ2n) is 4.29. The second-order valence-corrected chi connectivity index (χ2v) is 4.29. The van der Waals surface area contributed by atoms with E-state index < -0.39 is 5.97 Å². The van der Waals surface area contributed by atoms with Gasteiger partial charge in [-0.25, -0.2) is 4.79 Å². The molecule has 0 atom stereocenters. The lowest BCUT2D eigenvalue weighted by molar-refractivity contribution is -0.131. The summed E-state index contributed by atoms with van der Waals surface area (Å²) in [6.45, 7) is 8.34. The molecule has 0 bridgehead atoms.